The van der Waals surface area contributed by atoms with Crippen LogP contribution in [0.1, 0.15) is 33.9 Å². The Morgan fingerprint density at radius 3 is 2.42 bits per heavy atom. The number of halogens is 1. The third-order valence-corrected chi connectivity index (χ3v) is 7.22. The third kappa shape index (κ3) is 7.30. The second-order valence-electron chi connectivity index (χ2n) is 8.58. The minimum atomic E-state index is -3.96. The van der Waals surface area contributed by atoms with Crippen LogP contribution in [0, 0.1) is 5.92 Å². The number of rotatable bonds is 9. The van der Waals surface area contributed by atoms with Gasteiger partial charge >= 0.3 is 19.6 Å². The maximum absolute atomic E-state index is 15.4. The molecule has 14 heteroatoms. The predicted molar refractivity (Wildman–Crippen MR) is 124 cm³/mol. The average molecular weight is 529 g/mol. The maximum atomic E-state index is 15.4. The molecule has 6 atom stereocenters. The van der Waals surface area contributed by atoms with Gasteiger partial charge in [0.2, 0.25) is 0 Å². The van der Waals surface area contributed by atoms with E-state index < -0.39 is 49.7 Å². The number of ether oxygens (including phenoxy) is 1. The van der Waals surface area contributed by atoms with Crippen LogP contribution >= 0.6 is 7.75 Å². The molecule has 12 nitrogen and oxygen atoms in total. The zero-order valence-electron chi connectivity index (χ0n) is 20.1. The molecule has 1 aromatic heterocycles. The molecule has 0 bridgehead atoms. The van der Waals surface area contributed by atoms with Crippen LogP contribution in [-0.4, -0.2) is 51.3 Å². The lowest BCUT2D eigenvalue weighted by molar-refractivity contribution is -0.191. The predicted octanol–water partition coefficient (Wildman–Crippen LogP) is 1.78. The number of aliphatic hydroxyl groups is 1. The Balaban J connectivity index is 0.00000145. The molecule has 198 valence electrons. The fourth-order valence-corrected chi connectivity index (χ4v) is 4.96. The molecule has 0 spiro atoms. The Morgan fingerprint density at radius 2 is 1.86 bits per heavy atom. The van der Waals surface area contributed by atoms with Gasteiger partial charge in [0.15, 0.2) is 11.9 Å². The molecular formula is C22H29FN3O9P. The second kappa shape index (κ2) is 12.4. The van der Waals surface area contributed by atoms with Gasteiger partial charge in [-0.25, -0.2) is 18.8 Å². The molecule has 2 aromatic rings. The topological polar surface area (TPSA) is 166 Å². The number of hydrogen-bond acceptors (Lipinski definition) is 9. The highest BCUT2D eigenvalue weighted by Gasteiger charge is 2.55. The van der Waals surface area contributed by atoms with Crippen LogP contribution in [0.4, 0.5) is 4.39 Å². The van der Waals surface area contributed by atoms with Gasteiger partial charge in [-0.15, -0.1) is 0 Å². The summed E-state index contributed by atoms with van der Waals surface area (Å²) in [5.74, 6) is 0.394. The van der Waals surface area contributed by atoms with Gasteiger partial charge in [-0.3, -0.25) is 18.9 Å². The normalized spacial score (nSPS) is 25.8. The first-order valence-corrected chi connectivity index (χ1v) is 12.5. The Bertz CT molecular complexity index is 1190. The lowest BCUT2D eigenvalue weighted by Crippen LogP contribution is -2.43. The number of aliphatic hydroxyl groups excluding tert-OH is 1. The first-order chi connectivity index (χ1) is 16.8. The van der Waals surface area contributed by atoms with Crippen LogP contribution < -0.4 is 20.9 Å². The summed E-state index contributed by atoms with van der Waals surface area (Å²) < 4.78 is 46.4. The molecule has 3 rings (SSSR count). The first-order valence-electron chi connectivity index (χ1n) is 10.9. The van der Waals surface area contributed by atoms with Gasteiger partial charge in [0, 0.05) is 18.3 Å². The minimum absolute atomic E-state index is 0.0974. The number of benzene rings is 1. The van der Waals surface area contributed by atoms with Gasteiger partial charge in [-0.1, -0.05) is 32.0 Å². The number of nitrogens with zero attached hydrogens (tertiary/aromatic N) is 1. The van der Waals surface area contributed by atoms with E-state index in [4.69, 9.17) is 23.4 Å². The van der Waals surface area contributed by atoms with Crippen molar-refractivity contribution >= 4 is 13.9 Å². The highest BCUT2D eigenvalue weighted by Crippen LogP contribution is 2.47. The molecule has 0 amide bonds. The van der Waals surface area contributed by atoms with Crippen LogP contribution in [0.15, 0.2) is 52.2 Å². The summed E-state index contributed by atoms with van der Waals surface area (Å²) in [5.41, 5.74) is -3.95. The molecule has 0 saturated carbocycles. The van der Waals surface area contributed by atoms with Crippen molar-refractivity contribution in [2.24, 2.45) is 5.92 Å². The van der Waals surface area contributed by atoms with Gasteiger partial charge in [0.25, 0.3) is 5.56 Å². The van der Waals surface area contributed by atoms with Crippen LogP contribution in [-0.2, 0) is 23.4 Å². The summed E-state index contributed by atoms with van der Waals surface area (Å²) in [5, 5.41) is 13.4. The summed E-state index contributed by atoms with van der Waals surface area (Å²) in [4.78, 5) is 41.7. The smallest absolute Gasteiger partial charge is 0.413 e. The fourth-order valence-electron chi connectivity index (χ4n) is 3.24. The van der Waals surface area contributed by atoms with Gasteiger partial charge in [-0.05, 0) is 31.9 Å². The Morgan fingerprint density at radius 1 is 1.25 bits per heavy atom. The monoisotopic (exact) mass is 529 g/mol. The van der Waals surface area contributed by atoms with Crippen molar-refractivity contribution in [2.75, 3.05) is 6.61 Å². The Kier molecular flexibility index (Phi) is 10.1. The highest BCUT2D eigenvalue weighted by atomic mass is 31.2. The SMILES string of the molecule is CC(C)[C@@H](C)NP(=O)(OC[C@H]1O[C@@H](n2ccc(=O)[nH]c2=O)[C@](C)(F)[C@@H]1O)Oc1ccccc1.O=C=O. The molecule has 1 unspecified atom stereocenters. The van der Waals surface area contributed by atoms with Gasteiger partial charge < -0.3 is 14.4 Å². The molecule has 3 N–H and O–H groups in total. The summed E-state index contributed by atoms with van der Waals surface area (Å²) in [6.45, 7) is 6.24. The molecule has 1 aromatic carbocycles. The molecule has 2 heterocycles. The molecule has 1 aliphatic rings. The third-order valence-electron chi connectivity index (χ3n) is 5.56. The number of carbonyl (C=O) groups excluding carboxylic acids is 2. The Hall–Kier alpha value is -2.92. The van der Waals surface area contributed by atoms with Crippen LogP contribution in [0.5, 0.6) is 5.75 Å². The largest absolute Gasteiger partial charge is 0.459 e. The molecule has 0 radical (unpaired) electrons. The summed E-state index contributed by atoms with van der Waals surface area (Å²) in [6.07, 6.45) is -3.20. The van der Waals surface area contributed by atoms with Crippen molar-refractivity contribution in [2.45, 2.75) is 57.8 Å². The number of H-pyrrole nitrogens is 1. The average Bonchev–Trinajstić information content (AvgIpc) is 3.02. The first kappa shape index (κ1) is 29.3. The van der Waals surface area contributed by atoms with E-state index in [2.05, 4.69) is 5.09 Å². The van der Waals surface area contributed by atoms with Crippen molar-refractivity contribution in [3.05, 3.63) is 63.4 Å². The minimum Gasteiger partial charge on any atom is -0.413 e. The zero-order chi connectivity index (χ0) is 27.1. The van der Waals surface area contributed by atoms with Gasteiger partial charge in [0.05, 0.1) is 6.61 Å². The Labute approximate surface area is 206 Å². The van der Waals surface area contributed by atoms with Crippen LogP contribution in [0.25, 0.3) is 0 Å². The number of aromatic nitrogens is 2. The lowest BCUT2D eigenvalue weighted by atomic mass is 9.98. The van der Waals surface area contributed by atoms with Crippen molar-refractivity contribution in [3.8, 4) is 5.75 Å². The van der Waals surface area contributed by atoms with E-state index in [0.29, 0.717) is 5.75 Å². The molecular weight excluding hydrogens is 500 g/mol. The van der Waals surface area contributed by atoms with E-state index >= 15 is 4.39 Å². The fraction of sp³-hybridized carbons (Fsp3) is 0.500. The van der Waals surface area contributed by atoms with E-state index in [1.54, 1.807) is 30.3 Å². The van der Waals surface area contributed by atoms with Crippen molar-refractivity contribution in [1.29, 1.82) is 0 Å². The summed E-state index contributed by atoms with van der Waals surface area (Å²) in [6, 6.07) is 9.18. The quantitative estimate of drug-likeness (QED) is 0.408. The highest BCUT2D eigenvalue weighted by molar-refractivity contribution is 7.52. The molecule has 36 heavy (non-hydrogen) atoms. The van der Waals surface area contributed by atoms with Gasteiger partial charge in [-0.2, -0.15) is 9.59 Å². The van der Waals surface area contributed by atoms with Crippen molar-refractivity contribution in [3.63, 3.8) is 0 Å². The zero-order valence-corrected chi connectivity index (χ0v) is 21.0. The second-order valence-corrected chi connectivity index (χ2v) is 10.3. The summed E-state index contributed by atoms with van der Waals surface area (Å²) >= 11 is 0. The van der Waals surface area contributed by atoms with Crippen molar-refractivity contribution < 1.29 is 37.4 Å². The van der Waals surface area contributed by atoms with Gasteiger partial charge in [0.1, 0.15) is 18.0 Å². The van der Waals surface area contributed by atoms with Crippen LogP contribution in [0.3, 0.4) is 0 Å². The van der Waals surface area contributed by atoms with Crippen LogP contribution in [0.2, 0.25) is 0 Å². The van der Waals surface area contributed by atoms with E-state index in [1.807, 2.05) is 25.8 Å². The van der Waals surface area contributed by atoms with E-state index in [1.165, 1.54) is 0 Å². The summed E-state index contributed by atoms with van der Waals surface area (Å²) in [7, 11) is -3.96. The number of alkyl halides is 1. The van der Waals surface area contributed by atoms with Crippen molar-refractivity contribution in [1.82, 2.24) is 14.6 Å². The standard InChI is InChI=1S/C21H29FN3O7P.CO2/c1-13(2)14(3)24-33(29,32-15-8-6-5-7-9-15)30-12-16-18(27)21(4,22)19(31-16)25-11-10-17(26)23-20(25)28;2-1-3/h5-11,13-14,16,18-19,27H,12H2,1-4H3,(H,24,29)(H,23,26,28);/t14-,16-,18-,19-,21-,33?;/m1./s1. The van der Waals surface area contributed by atoms with E-state index in [9.17, 15) is 19.3 Å². The molecule has 1 aliphatic heterocycles. The van der Waals surface area contributed by atoms with E-state index in [0.717, 1.165) is 23.8 Å². The number of aromatic amines is 1. The maximum Gasteiger partial charge on any atom is 0.459 e. The van der Waals surface area contributed by atoms with E-state index in [-0.39, 0.29) is 18.1 Å². The molecule has 0 aliphatic carbocycles. The number of hydrogen-bond donors (Lipinski definition) is 3. The molecule has 1 saturated heterocycles. The number of para-hydroxylation sites is 1. The molecule has 1 fully saturated rings. The number of nitrogens with one attached hydrogen (secondary N) is 2. The lowest BCUT2D eigenvalue weighted by Gasteiger charge is -2.27.